The maximum atomic E-state index is 11.8. The lowest BCUT2D eigenvalue weighted by Crippen LogP contribution is -2.38. The Kier molecular flexibility index (Phi) is 8.74. The molecule has 1 saturated heterocycles. The highest BCUT2D eigenvalue weighted by molar-refractivity contribution is 8.01. The van der Waals surface area contributed by atoms with Crippen molar-refractivity contribution < 1.29 is 19.4 Å². The standard InChI is InChI=1S/C25H30N4O4S2/c1-4-26-24(31)27-20-11-9-19(10-12-20)23-32-21(14-34-25-29-28-16(3)35-25)15(2)22(33-23)18-7-5-17(13-30)6-8-18/h5-12,15,21-23,30H,4,13-14H2,1-3H3,(H2,26,27,31)/t15-,21+,22+,23+/m1/s1. The molecule has 1 fully saturated rings. The van der Waals surface area contributed by atoms with Crippen LogP contribution in [0.1, 0.15) is 47.9 Å². The van der Waals surface area contributed by atoms with Gasteiger partial charge in [0.15, 0.2) is 10.6 Å². The fraction of sp³-hybridized carbons (Fsp3) is 0.400. The Hall–Kier alpha value is -2.50. The predicted molar refractivity (Wildman–Crippen MR) is 137 cm³/mol. The summed E-state index contributed by atoms with van der Waals surface area (Å²) in [4.78, 5) is 11.8. The Morgan fingerprint density at radius 3 is 2.43 bits per heavy atom. The minimum Gasteiger partial charge on any atom is -0.392 e. The van der Waals surface area contributed by atoms with Gasteiger partial charge in [-0.05, 0) is 37.1 Å². The molecule has 35 heavy (non-hydrogen) atoms. The van der Waals surface area contributed by atoms with Crippen molar-refractivity contribution in [2.45, 2.75) is 50.2 Å². The van der Waals surface area contributed by atoms with E-state index in [4.69, 9.17) is 9.47 Å². The number of benzene rings is 2. The van der Waals surface area contributed by atoms with Crippen LogP contribution in [-0.4, -0.2) is 39.7 Å². The summed E-state index contributed by atoms with van der Waals surface area (Å²) in [6, 6.07) is 15.1. The highest BCUT2D eigenvalue weighted by atomic mass is 32.2. The van der Waals surface area contributed by atoms with Crippen molar-refractivity contribution in [2.75, 3.05) is 17.6 Å². The molecule has 0 saturated carbocycles. The van der Waals surface area contributed by atoms with Gasteiger partial charge in [0, 0.05) is 29.5 Å². The Labute approximate surface area is 213 Å². The maximum absolute atomic E-state index is 11.8. The third-order valence-corrected chi connectivity index (χ3v) is 7.84. The third-order valence-electron chi connectivity index (χ3n) is 5.78. The summed E-state index contributed by atoms with van der Waals surface area (Å²) in [5, 5.41) is 24.2. The lowest BCUT2D eigenvalue weighted by Gasteiger charge is -2.41. The number of rotatable bonds is 8. The topological polar surface area (TPSA) is 106 Å². The van der Waals surface area contributed by atoms with Crippen LogP contribution in [0.5, 0.6) is 0 Å². The molecule has 1 aliphatic rings. The average molecular weight is 515 g/mol. The van der Waals surface area contributed by atoms with Crippen LogP contribution >= 0.6 is 23.1 Å². The van der Waals surface area contributed by atoms with Gasteiger partial charge in [0.1, 0.15) is 5.01 Å². The van der Waals surface area contributed by atoms with E-state index < -0.39 is 6.29 Å². The fourth-order valence-corrected chi connectivity index (χ4v) is 5.86. The number of hydrogen-bond acceptors (Lipinski definition) is 8. The summed E-state index contributed by atoms with van der Waals surface area (Å²) in [5.74, 6) is 0.809. The zero-order valence-electron chi connectivity index (χ0n) is 19.9. The van der Waals surface area contributed by atoms with Crippen molar-refractivity contribution in [3.63, 3.8) is 0 Å². The highest BCUT2D eigenvalue weighted by Crippen LogP contribution is 2.43. The smallest absolute Gasteiger partial charge is 0.319 e. The number of urea groups is 1. The number of carbonyl (C=O) groups excluding carboxylic acids is 1. The van der Waals surface area contributed by atoms with E-state index in [0.717, 1.165) is 31.8 Å². The van der Waals surface area contributed by atoms with Gasteiger partial charge in [0.05, 0.1) is 18.8 Å². The molecule has 0 radical (unpaired) electrons. The van der Waals surface area contributed by atoms with Gasteiger partial charge in [-0.15, -0.1) is 10.2 Å². The molecule has 0 aliphatic carbocycles. The van der Waals surface area contributed by atoms with Crippen LogP contribution in [0.2, 0.25) is 0 Å². The molecular weight excluding hydrogens is 484 g/mol. The normalized spacial score (nSPS) is 22.1. The lowest BCUT2D eigenvalue weighted by molar-refractivity contribution is -0.268. The van der Waals surface area contributed by atoms with Gasteiger partial charge in [-0.25, -0.2) is 4.79 Å². The first-order valence-corrected chi connectivity index (χ1v) is 13.4. The number of ether oxygens (including phenoxy) is 2. The van der Waals surface area contributed by atoms with Crippen molar-refractivity contribution in [3.8, 4) is 0 Å². The number of aryl methyl sites for hydroxylation is 1. The highest BCUT2D eigenvalue weighted by Gasteiger charge is 2.38. The van der Waals surface area contributed by atoms with E-state index in [1.54, 1.807) is 23.1 Å². The number of hydrogen-bond donors (Lipinski definition) is 3. The van der Waals surface area contributed by atoms with E-state index in [2.05, 4.69) is 27.8 Å². The summed E-state index contributed by atoms with van der Waals surface area (Å²) in [6.45, 7) is 6.52. The molecular formula is C25H30N4O4S2. The molecule has 1 aliphatic heterocycles. The van der Waals surface area contributed by atoms with Gasteiger partial charge >= 0.3 is 6.03 Å². The van der Waals surface area contributed by atoms with E-state index in [1.807, 2.05) is 62.4 Å². The van der Waals surface area contributed by atoms with Crippen molar-refractivity contribution >= 4 is 34.8 Å². The van der Waals surface area contributed by atoms with E-state index in [1.165, 1.54) is 0 Å². The van der Waals surface area contributed by atoms with Gasteiger partial charge in [-0.3, -0.25) is 0 Å². The van der Waals surface area contributed by atoms with Crippen molar-refractivity contribution in [3.05, 3.63) is 70.2 Å². The van der Waals surface area contributed by atoms with Gasteiger partial charge in [-0.2, -0.15) is 0 Å². The zero-order chi connectivity index (χ0) is 24.8. The molecule has 3 aromatic rings. The van der Waals surface area contributed by atoms with Crippen LogP contribution in [0, 0.1) is 12.8 Å². The number of aromatic nitrogens is 2. The average Bonchev–Trinajstić information content (AvgIpc) is 3.29. The molecule has 4 rings (SSSR count). The molecule has 8 nitrogen and oxygen atoms in total. The van der Waals surface area contributed by atoms with Crippen molar-refractivity contribution in [1.29, 1.82) is 0 Å². The van der Waals surface area contributed by atoms with Gasteiger partial charge in [0.25, 0.3) is 0 Å². The first-order valence-electron chi connectivity index (χ1n) is 11.5. The lowest BCUT2D eigenvalue weighted by atomic mass is 9.91. The number of nitrogens with zero attached hydrogens (tertiary/aromatic N) is 2. The maximum Gasteiger partial charge on any atom is 0.319 e. The number of nitrogens with one attached hydrogen (secondary N) is 2. The van der Waals surface area contributed by atoms with Crippen molar-refractivity contribution in [1.82, 2.24) is 15.5 Å². The number of carbonyl (C=O) groups is 1. The second-order valence-corrected chi connectivity index (χ2v) is 10.8. The Morgan fingerprint density at radius 1 is 1.09 bits per heavy atom. The van der Waals surface area contributed by atoms with Crippen LogP contribution in [0.3, 0.4) is 0 Å². The molecule has 3 N–H and O–H groups in total. The molecule has 2 aromatic carbocycles. The first-order chi connectivity index (χ1) is 17.0. The van der Waals surface area contributed by atoms with E-state index >= 15 is 0 Å². The third kappa shape index (κ3) is 6.59. The molecule has 0 spiro atoms. The molecule has 2 amide bonds. The molecule has 0 unspecified atom stereocenters. The van der Waals surface area contributed by atoms with Crippen molar-refractivity contribution in [2.24, 2.45) is 5.92 Å². The fourth-order valence-electron chi connectivity index (χ4n) is 3.86. The molecule has 2 heterocycles. The summed E-state index contributed by atoms with van der Waals surface area (Å²) < 4.78 is 13.8. The Balaban J connectivity index is 1.53. The monoisotopic (exact) mass is 514 g/mol. The quantitative estimate of drug-likeness (QED) is 0.361. The Bertz CT molecular complexity index is 1110. The van der Waals surface area contributed by atoms with Gasteiger partial charge in [-0.1, -0.05) is 66.4 Å². The molecule has 186 valence electrons. The second kappa shape index (κ2) is 12.0. The van der Waals surface area contributed by atoms with Gasteiger partial charge < -0.3 is 25.2 Å². The Morgan fingerprint density at radius 2 is 1.80 bits per heavy atom. The van der Waals surface area contributed by atoms with E-state index in [0.29, 0.717) is 12.2 Å². The summed E-state index contributed by atoms with van der Waals surface area (Å²) >= 11 is 3.22. The minimum atomic E-state index is -0.561. The number of aliphatic hydroxyl groups is 1. The first kappa shape index (κ1) is 25.6. The minimum absolute atomic E-state index is 0.00425. The van der Waals surface area contributed by atoms with E-state index in [-0.39, 0.29) is 30.8 Å². The number of aliphatic hydroxyl groups excluding tert-OH is 1. The largest absolute Gasteiger partial charge is 0.392 e. The van der Waals surface area contributed by atoms with Crippen LogP contribution in [0.4, 0.5) is 10.5 Å². The van der Waals surface area contributed by atoms with Crippen LogP contribution in [0.15, 0.2) is 52.9 Å². The molecule has 0 bridgehead atoms. The molecule has 10 heteroatoms. The second-order valence-electron chi connectivity index (χ2n) is 8.33. The SMILES string of the molecule is CCNC(=O)Nc1ccc([C@H]2O[C@@H](CSc3nnc(C)s3)[C@@H](C)[C@@H](c3ccc(CO)cc3)O2)cc1. The van der Waals surface area contributed by atoms with Crippen LogP contribution in [-0.2, 0) is 16.1 Å². The van der Waals surface area contributed by atoms with Crippen LogP contribution < -0.4 is 10.6 Å². The number of amides is 2. The predicted octanol–water partition coefficient (Wildman–Crippen LogP) is 5.06. The molecule has 1 aromatic heterocycles. The van der Waals surface area contributed by atoms with Crippen LogP contribution in [0.25, 0.3) is 0 Å². The van der Waals surface area contributed by atoms with Gasteiger partial charge in [0.2, 0.25) is 0 Å². The zero-order valence-corrected chi connectivity index (χ0v) is 21.6. The van der Waals surface area contributed by atoms with E-state index in [9.17, 15) is 9.90 Å². The summed E-state index contributed by atoms with van der Waals surface area (Å²) in [7, 11) is 0. The number of anilines is 1. The summed E-state index contributed by atoms with van der Waals surface area (Å²) in [5.41, 5.74) is 3.47. The summed E-state index contributed by atoms with van der Waals surface area (Å²) in [6.07, 6.45) is -0.830. The molecule has 4 atom stereocenters. The number of thioether (sulfide) groups is 1.